The molecule has 0 saturated carbocycles. The summed E-state index contributed by atoms with van der Waals surface area (Å²) in [7, 11) is 0. The summed E-state index contributed by atoms with van der Waals surface area (Å²) in [6, 6.07) is 6.60. The lowest BCUT2D eigenvalue weighted by Gasteiger charge is -2.14. The standard InChI is InChI=1S/C17H21N3O4/c1-9(2)18-17(23)20-15(21)11(4)24-16(22)14-10(3)19-13-8-6-5-7-12(13)14/h5-9,11,19H,1-4H3,(H2,18,20,21,23). The largest absolute Gasteiger partial charge is 0.449 e. The van der Waals surface area contributed by atoms with Crippen LogP contribution >= 0.6 is 0 Å². The van der Waals surface area contributed by atoms with E-state index in [1.54, 1.807) is 26.8 Å². The maximum Gasteiger partial charge on any atom is 0.341 e. The van der Waals surface area contributed by atoms with Crippen molar-refractivity contribution in [2.45, 2.75) is 39.8 Å². The number of para-hydroxylation sites is 1. The molecule has 0 spiro atoms. The van der Waals surface area contributed by atoms with Gasteiger partial charge in [-0.2, -0.15) is 0 Å². The van der Waals surface area contributed by atoms with Crippen LogP contribution in [-0.2, 0) is 9.53 Å². The normalized spacial score (nSPS) is 12.0. The van der Waals surface area contributed by atoms with E-state index in [0.717, 1.165) is 10.9 Å². The van der Waals surface area contributed by atoms with Gasteiger partial charge in [0.1, 0.15) is 0 Å². The van der Waals surface area contributed by atoms with Crippen LogP contribution in [-0.4, -0.2) is 35.0 Å². The Morgan fingerprint density at radius 3 is 2.46 bits per heavy atom. The third-order valence-corrected chi connectivity index (χ3v) is 3.41. The SMILES string of the molecule is Cc1[nH]c2ccccc2c1C(=O)OC(C)C(=O)NC(=O)NC(C)C. The highest BCUT2D eigenvalue weighted by atomic mass is 16.5. The number of carbonyl (C=O) groups is 3. The van der Waals surface area contributed by atoms with Crippen LogP contribution < -0.4 is 10.6 Å². The van der Waals surface area contributed by atoms with Gasteiger partial charge in [0.15, 0.2) is 6.10 Å². The first-order valence-corrected chi connectivity index (χ1v) is 7.69. The molecule has 1 atom stereocenters. The molecule has 7 heteroatoms. The lowest BCUT2D eigenvalue weighted by Crippen LogP contribution is -2.46. The molecule has 0 bridgehead atoms. The zero-order valence-electron chi connectivity index (χ0n) is 14.1. The fraction of sp³-hybridized carbons (Fsp3) is 0.353. The number of imide groups is 1. The second-order valence-electron chi connectivity index (χ2n) is 5.84. The van der Waals surface area contributed by atoms with Crippen LogP contribution in [0.2, 0.25) is 0 Å². The number of amides is 3. The van der Waals surface area contributed by atoms with Gasteiger partial charge in [-0.1, -0.05) is 18.2 Å². The first-order chi connectivity index (χ1) is 11.3. The molecule has 1 unspecified atom stereocenters. The molecule has 2 aromatic rings. The Balaban J connectivity index is 2.07. The van der Waals surface area contributed by atoms with E-state index in [0.29, 0.717) is 11.3 Å². The smallest absolute Gasteiger partial charge is 0.341 e. The highest BCUT2D eigenvalue weighted by molar-refractivity contribution is 6.06. The number of aryl methyl sites for hydroxylation is 1. The van der Waals surface area contributed by atoms with Crippen LogP contribution in [0.25, 0.3) is 10.9 Å². The predicted molar refractivity (Wildman–Crippen MR) is 89.7 cm³/mol. The number of rotatable bonds is 4. The van der Waals surface area contributed by atoms with Gasteiger partial charge in [0, 0.05) is 22.6 Å². The van der Waals surface area contributed by atoms with E-state index in [4.69, 9.17) is 4.74 Å². The van der Waals surface area contributed by atoms with E-state index in [2.05, 4.69) is 15.6 Å². The first kappa shape index (κ1) is 17.5. The van der Waals surface area contributed by atoms with Crippen molar-refractivity contribution in [1.29, 1.82) is 0 Å². The quantitative estimate of drug-likeness (QED) is 0.748. The molecule has 7 nitrogen and oxygen atoms in total. The maximum atomic E-state index is 12.4. The number of urea groups is 1. The van der Waals surface area contributed by atoms with Crippen molar-refractivity contribution >= 4 is 28.8 Å². The number of aromatic amines is 1. The van der Waals surface area contributed by atoms with Crippen molar-refractivity contribution < 1.29 is 19.1 Å². The zero-order chi connectivity index (χ0) is 17.9. The number of esters is 1. The lowest BCUT2D eigenvalue weighted by molar-refractivity contribution is -0.127. The number of benzene rings is 1. The van der Waals surface area contributed by atoms with Gasteiger partial charge in [-0.25, -0.2) is 9.59 Å². The fourth-order valence-corrected chi connectivity index (χ4v) is 2.32. The minimum absolute atomic E-state index is 0.107. The monoisotopic (exact) mass is 331 g/mol. The Hall–Kier alpha value is -2.83. The summed E-state index contributed by atoms with van der Waals surface area (Å²) >= 11 is 0. The molecule has 128 valence electrons. The van der Waals surface area contributed by atoms with Crippen molar-refractivity contribution in [2.75, 3.05) is 0 Å². The van der Waals surface area contributed by atoms with Crippen molar-refractivity contribution in [3.05, 3.63) is 35.5 Å². The van der Waals surface area contributed by atoms with Crippen molar-refractivity contribution in [1.82, 2.24) is 15.6 Å². The van der Waals surface area contributed by atoms with Gasteiger partial charge < -0.3 is 15.0 Å². The maximum absolute atomic E-state index is 12.4. The number of hydrogen-bond donors (Lipinski definition) is 3. The van der Waals surface area contributed by atoms with Gasteiger partial charge in [0.2, 0.25) is 0 Å². The summed E-state index contributed by atoms with van der Waals surface area (Å²) in [5.41, 5.74) is 1.86. The Labute approximate surface area is 139 Å². The molecule has 0 aliphatic rings. The predicted octanol–water partition coefficient (Wildman–Crippen LogP) is 2.26. The summed E-state index contributed by atoms with van der Waals surface area (Å²) in [6.45, 7) is 6.72. The van der Waals surface area contributed by atoms with Gasteiger partial charge in [-0.05, 0) is 33.8 Å². The Morgan fingerprint density at radius 2 is 1.79 bits per heavy atom. The molecule has 0 saturated heterocycles. The molecular weight excluding hydrogens is 310 g/mol. The highest BCUT2D eigenvalue weighted by Gasteiger charge is 2.24. The van der Waals surface area contributed by atoms with Crippen LogP contribution in [0, 0.1) is 6.92 Å². The molecule has 3 N–H and O–H groups in total. The van der Waals surface area contributed by atoms with Gasteiger partial charge in [-0.15, -0.1) is 0 Å². The second-order valence-corrected chi connectivity index (χ2v) is 5.84. The lowest BCUT2D eigenvalue weighted by atomic mass is 10.1. The Morgan fingerprint density at radius 1 is 1.12 bits per heavy atom. The number of aromatic nitrogens is 1. The minimum atomic E-state index is -1.09. The molecular formula is C17H21N3O4. The summed E-state index contributed by atoms with van der Waals surface area (Å²) < 4.78 is 5.20. The van der Waals surface area contributed by atoms with E-state index in [1.165, 1.54) is 6.92 Å². The van der Waals surface area contributed by atoms with Gasteiger partial charge >= 0.3 is 12.0 Å². The number of nitrogens with one attached hydrogen (secondary N) is 3. The van der Waals surface area contributed by atoms with Crippen LogP contribution in [0.3, 0.4) is 0 Å². The second kappa shape index (κ2) is 7.16. The molecule has 1 heterocycles. The number of H-pyrrole nitrogens is 1. The van der Waals surface area contributed by atoms with E-state index in [9.17, 15) is 14.4 Å². The highest BCUT2D eigenvalue weighted by Crippen LogP contribution is 2.22. The zero-order valence-corrected chi connectivity index (χ0v) is 14.1. The van der Waals surface area contributed by atoms with Crippen molar-refractivity contribution in [3.8, 4) is 0 Å². The topological polar surface area (TPSA) is 100 Å². The summed E-state index contributed by atoms with van der Waals surface area (Å²) in [4.78, 5) is 38.9. The van der Waals surface area contributed by atoms with Crippen LogP contribution in [0.4, 0.5) is 4.79 Å². The number of carbonyl (C=O) groups excluding carboxylic acids is 3. The third-order valence-electron chi connectivity index (χ3n) is 3.41. The van der Waals surface area contributed by atoms with Crippen molar-refractivity contribution in [3.63, 3.8) is 0 Å². The van der Waals surface area contributed by atoms with Crippen LogP contribution in [0.1, 0.15) is 36.8 Å². The van der Waals surface area contributed by atoms with E-state index in [1.807, 2.05) is 18.2 Å². The average molecular weight is 331 g/mol. The summed E-state index contributed by atoms with van der Waals surface area (Å²) in [6.07, 6.45) is -1.09. The van der Waals surface area contributed by atoms with E-state index < -0.39 is 24.0 Å². The average Bonchev–Trinajstić information content (AvgIpc) is 2.81. The number of hydrogen-bond acceptors (Lipinski definition) is 4. The summed E-state index contributed by atoms with van der Waals surface area (Å²) in [5, 5.41) is 5.39. The molecule has 1 aromatic carbocycles. The molecule has 0 aliphatic carbocycles. The molecule has 0 radical (unpaired) electrons. The van der Waals surface area contributed by atoms with E-state index >= 15 is 0 Å². The molecule has 24 heavy (non-hydrogen) atoms. The fourth-order valence-electron chi connectivity index (χ4n) is 2.32. The first-order valence-electron chi connectivity index (χ1n) is 7.69. The molecule has 0 fully saturated rings. The Kier molecular flexibility index (Phi) is 5.23. The minimum Gasteiger partial charge on any atom is -0.449 e. The van der Waals surface area contributed by atoms with Gasteiger partial charge in [-0.3, -0.25) is 10.1 Å². The third kappa shape index (κ3) is 3.92. The number of ether oxygens (including phenoxy) is 1. The van der Waals surface area contributed by atoms with Crippen LogP contribution in [0.15, 0.2) is 24.3 Å². The van der Waals surface area contributed by atoms with Crippen LogP contribution in [0.5, 0.6) is 0 Å². The van der Waals surface area contributed by atoms with Gasteiger partial charge in [0.25, 0.3) is 5.91 Å². The summed E-state index contributed by atoms with van der Waals surface area (Å²) in [5.74, 6) is -1.30. The molecule has 0 aliphatic heterocycles. The van der Waals surface area contributed by atoms with E-state index in [-0.39, 0.29) is 6.04 Å². The van der Waals surface area contributed by atoms with Gasteiger partial charge in [0.05, 0.1) is 5.56 Å². The molecule has 3 amide bonds. The molecule has 1 aromatic heterocycles. The molecule has 2 rings (SSSR count). The number of fused-ring (bicyclic) bond motifs is 1. The Bertz CT molecular complexity index is 779. The van der Waals surface area contributed by atoms with Crippen molar-refractivity contribution in [2.24, 2.45) is 0 Å².